The standard InChI is InChI=1S/C14H26O10/c1-14(2)6(4-16)23-13(9(19)11(14)20)24-10-5(3-15)22-12(21)8(18)7(10)17/h5-13,15-21H,3-4H2,1-2H3/t5?,6?,7?,8?,9?,10?,11-,12?,13?/m0/s1. The molecule has 10 heteroatoms. The summed E-state index contributed by atoms with van der Waals surface area (Å²) < 4.78 is 15.8. The van der Waals surface area contributed by atoms with Crippen LogP contribution in [0.15, 0.2) is 0 Å². The molecule has 0 aromatic heterocycles. The van der Waals surface area contributed by atoms with Crippen molar-refractivity contribution in [3.63, 3.8) is 0 Å². The van der Waals surface area contributed by atoms with Crippen LogP contribution >= 0.6 is 0 Å². The highest BCUT2D eigenvalue weighted by Gasteiger charge is 2.53. The summed E-state index contributed by atoms with van der Waals surface area (Å²) in [4.78, 5) is 0. The molecule has 0 aliphatic carbocycles. The highest BCUT2D eigenvalue weighted by atomic mass is 16.7. The molecule has 2 fully saturated rings. The van der Waals surface area contributed by atoms with Crippen LogP contribution in [0, 0.1) is 5.41 Å². The van der Waals surface area contributed by atoms with Gasteiger partial charge in [0, 0.05) is 5.41 Å². The van der Waals surface area contributed by atoms with Crippen molar-refractivity contribution in [3.05, 3.63) is 0 Å². The first-order chi connectivity index (χ1) is 11.1. The van der Waals surface area contributed by atoms with Crippen molar-refractivity contribution in [2.24, 2.45) is 5.41 Å². The van der Waals surface area contributed by atoms with E-state index in [2.05, 4.69) is 0 Å². The first kappa shape index (κ1) is 19.9. The van der Waals surface area contributed by atoms with E-state index in [9.17, 15) is 35.7 Å². The van der Waals surface area contributed by atoms with Gasteiger partial charge in [-0.2, -0.15) is 0 Å². The van der Waals surface area contributed by atoms with Crippen LogP contribution in [0.1, 0.15) is 13.8 Å². The van der Waals surface area contributed by atoms with Gasteiger partial charge in [0.2, 0.25) is 0 Å². The maximum absolute atomic E-state index is 10.2. The van der Waals surface area contributed by atoms with Crippen LogP contribution < -0.4 is 0 Å². The van der Waals surface area contributed by atoms with Gasteiger partial charge < -0.3 is 50.0 Å². The van der Waals surface area contributed by atoms with Crippen molar-refractivity contribution in [2.75, 3.05) is 13.2 Å². The number of aliphatic hydroxyl groups excluding tert-OH is 7. The van der Waals surface area contributed by atoms with Crippen LogP contribution in [0.3, 0.4) is 0 Å². The molecule has 0 aromatic carbocycles. The Morgan fingerprint density at radius 3 is 2.04 bits per heavy atom. The summed E-state index contributed by atoms with van der Waals surface area (Å²) in [6.07, 6.45) is -12.6. The number of rotatable bonds is 4. The molecule has 2 rings (SSSR count). The average Bonchev–Trinajstić information content (AvgIpc) is 2.55. The molecular weight excluding hydrogens is 328 g/mol. The third kappa shape index (κ3) is 3.44. The van der Waals surface area contributed by atoms with Gasteiger partial charge in [0.15, 0.2) is 12.6 Å². The molecule has 2 heterocycles. The number of aliphatic hydroxyl groups is 7. The summed E-state index contributed by atoms with van der Waals surface area (Å²) in [6.45, 7) is 2.14. The fourth-order valence-corrected chi connectivity index (χ4v) is 2.98. The molecule has 8 unspecified atom stereocenters. The predicted octanol–water partition coefficient (Wildman–Crippen LogP) is -3.73. The van der Waals surface area contributed by atoms with Crippen LogP contribution in [0.5, 0.6) is 0 Å². The summed E-state index contributed by atoms with van der Waals surface area (Å²) in [5.74, 6) is 0. The SMILES string of the molecule is CC1(C)C(CO)OC(OC2C(CO)OC(O)C(O)C2O)C(O)[C@@H]1O. The maximum Gasteiger partial charge on any atom is 0.187 e. The molecule has 24 heavy (non-hydrogen) atoms. The Bertz CT molecular complexity index is 412. The van der Waals surface area contributed by atoms with Crippen molar-refractivity contribution in [1.82, 2.24) is 0 Å². The lowest BCUT2D eigenvalue weighted by Gasteiger charge is -2.49. The van der Waals surface area contributed by atoms with Gasteiger partial charge in [0.05, 0.1) is 25.4 Å². The Balaban J connectivity index is 2.16. The largest absolute Gasteiger partial charge is 0.394 e. The first-order valence-corrected chi connectivity index (χ1v) is 7.73. The van der Waals surface area contributed by atoms with Crippen LogP contribution in [-0.4, -0.2) is 104 Å². The third-order valence-corrected chi connectivity index (χ3v) is 4.79. The zero-order valence-corrected chi connectivity index (χ0v) is 13.5. The van der Waals surface area contributed by atoms with E-state index in [0.29, 0.717) is 0 Å². The minimum atomic E-state index is -1.70. The fourth-order valence-electron chi connectivity index (χ4n) is 2.98. The quantitative estimate of drug-likeness (QED) is 0.266. The van der Waals surface area contributed by atoms with E-state index < -0.39 is 73.9 Å². The maximum atomic E-state index is 10.2. The monoisotopic (exact) mass is 354 g/mol. The Hall–Kier alpha value is -0.400. The number of ether oxygens (including phenoxy) is 3. The summed E-state index contributed by atoms with van der Waals surface area (Å²) in [7, 11) is 0. The van der Waals surface area contributed by atoms with Gasteiger partial charge in [-0.05, 0) is 0 Å². The Labute approximate surface area is 138 Å². The lowest BCUT2D eigenvalue weighted by molar-refractivity contribution is -0.359. The van der Waals surface area contributed by atoms with Crippen molar-refractivity contribution >= 4 is 0 Å². The smallest absolute Gasteiger partial charge is 0.187 e. The van der Waals surface area contributed by atoms with E-state index >= 15 is 0 Å². The molecule has 2 aliphatic rings. The molecule has 10 nitrogen and oxygen atoms in total. The van der Waals surface area contributed by atoms with E-state index in [-0.39, 0.29) is 0 Å². The van der Waals surface area contributed by atoms with Gasteiger partial charge in [-0.1, -0.05) is 13.8 Å². The minimum Gasteiger partial charge on any atom is -0.394 e. The molecule has 0 aromatic rings. The van der Waals surface area contributed by atoms with Crippen LogP contribution in [-0.2, 0) is 14.2 Å². The second-order valence-corrected chi connectivity index (χ2v) is 6.76. The summed E-state index contributed by atoms with van der Waals surface area (Å²) >= 11 is 0. The molecular formula is C14H26O10. The normalized spacial score (nSPS) is 49.1. The van der Waals surface area contributed by atoms with E-state index in [1.165, 1.54) is 0 Å². The van der Waals surface area contributed by atoms with Gasteiger partial charge in [-0.3, -0.25) is 0 Å². The van der Waals surface area contributed by atoms with E-state index in [1.54, 1.807) is 13.8 Å². The molecule has 0 radical (unpaired) electrons. The second-order valence-electron chi connectivity index (χ2n) is 6.76. The van der Waals surface area contributed by atoms with Crippen molar-refractivity contribution < 1.29 is 50.0 Å². The van der Waals surface area contributed by atoms with Crippen molar-refractivity contribution in [3.8, 4) is 0 Å². The lowest BCUT2D eigenvalue weighted by atomic mass is 9.76. The highest BCUT2D eigenvalue weighted by molar-refractivity contribution is 4.97. The van der Waals surface area contributed by atoms with Crippen LogP contribution in [0.4, 0.5) is 0 Å². The molecule has 0 bridgehead atoms. The second kappa shape index (κ2) is 7.46. The topological polar surface area (TPSA) is 169 Å². The molecule has 0 spiro atoms. The highest BCUT2D eigenvalue weighted by Crippen LogP contribution is 2.38. The van der Waals surface area contributed by atoms with Gasteiger partial charge in [-0.25, -0.2) is 0 Å². The summed E-state index contributed by atoms with van der Waals surface area (Å²) in [5, 5.41) is 68.4. The number of hydrogen-bond donors (Lipinski definition) is 7. The van der Waals surface area contributed by atoms with Gasteiger partial charge in [-0.15, -0.1) is 0 Å². The van der Waals surface area contributed by atoms with Crippen molar-refractivity contribution in [2.45, 2.75) is 69.2 Å². The van der Waals surface area contributed by atoms with Crippen LogP contribution in [0.2, 0.25) is 0 Å². The lowest BCUT2D eigenvalue weighted by Crippen LogP contribution is -2.65. The van der Waals surface area contributed by atoms with Crippen LogP contribution in [0.25, 0.3) is 0 Å². The summed E-state index contributed by atoms with van der Waals surface area (Å²) in [5.41, 5.74) is -0.957. The van der Waals surface area contributed by atoms with Gasteiger partial charge in [0.1, 0.15) is 30.5 Å². The molecule has 7 N–H and O–H groups in total. The average molecular weight is 354 g/mol. The Morgan fingerprint density at radius 1 is 0.875 bits per heavy atom. The fraction of sp³-hybridized carbons (Fsp3) is 1.00. The predicted molar refractivity (Wildman–Crippen MR) is 76.4 cm³/mol. The van der Waals surface area contributed by atoms with Gasteiger partial charge >= 0.3 is 0 Å². The zero-order valence-electron chi connectivity index (χ0n) is 13.5. The molecule has 0 saturated carbocycles. The molecule has 9 atom stereocenters. The van der Waals surface area contributed by atoms with Crippen molar-refractivity contribution in [1.29, 1.82) is 0 Å². The molecule has 2 saturated heterocycles. The summed E-state index contributed by atoms with van der Waals surface area (Å²) in [6, 6.07) is 0. The van der Waals surface area contributed by atoms with E-state index in [1.807, 2.05) is 0 Å². The van der Waals surface area contributed by atoms with Gasteiger partial charge in [0.25, 0.3) is 0 Å². The first-order valence-electron chi connectivity index (χ1n) is 7.73. The third-order valence-electron chi connectivity index (χ3n) is 4.79. The zero-order chi connectivity index (χ0) is 18.2. The Morgan fingerprint density at radius 2 is 1.50 bits per heavy atom. The van der Waals surface area contributed by atoms with E-state index in [0.717, 1.165) is 0 Å². The minimum absolute atomic E-state index is 0.439. The Kier molecular flexibility index (Phi) is 6.19. The molecule has 2 aliphatic heterocycles. The number of hydrogen-bond acceptors (Lipinski definition) is 10. The molecule has 142 valence electrons. The van der Waals surface area contributed by atoms with E-state index in [4.69, 9.17) is 14.2 Å². The molecule has 0 amide bonds.